The fourth-order valence-electron chi connectivity index (χ4n) is 3.65. The second-order valence-corrected chi connectivity index (χ2v) is 7.01. The molecule has 6 nitrogen and oxygen atoms in total. The standard InChI is InChI=1S/C20H33N5O/c1-4-23(17-5-6-17)12-11-22-20(21-2)25-15-13-24(14-16-25)18-7-9-19(26-3)10-8-18/h7-10,17H,4-6,11-16H2,1-3H3,(H,21,22). The van der Waals surface area contributed by atoms with Gasteiger partial charge in [-0.15, -0.1) is 0 Å². The fourth-order valence-corrected chi connectivity index (χ4v) is 3.65. The van der Waals surface area contributed by atoms with E-state index in [0.717, 1.165) is 63.6 Å². The van der Waals surface area contributed by atoms with Gasteiger partial charge in [-0.25, -0.2) is 0 Å². The van der Waals surface area contributed by atoms with Crippen molar-refractivity contribution in [2.24, 2.45) is 4.99 Å². The molecule has 1 aliphatic carbocycles. The topological polar surface area (TPSA) is 43.3 Å². The highest BCUT2D eigenvalue weighted by Crippen LogP contribution is 2.25. The number of aliphatic imine (C=N–C) groups is 1. The van der Waals surface area contributed by atoms with E-state index in [1.807, 2.05) is 19.2 Å². The van der Waals surface area contributed by atoms with Crippen molar-refractivity contribution in [3.8, 4) is 5.75 Å². The van der Waals surface area contributed by atoms with E-state index in [4.69, 9.17) is 4.74 Å². The highest BCUT2D eigenvalue weighted by molar-refractivity contribution is 5.80. The monoisotopic (exact) mass is 359 g/mol. The largest absolute Gasteiger partial charge is 0.497 e. The number of nitrogens with one attached hydrogen (secondary N) is 1. The van der Waals surface area contributed by atoms with Crippen LogP contribution in [0.2, 0.25) is 0 Å². The van der Waals surface area contributed by atoms with Gasteiger partial charge in [-0.1, -0.05) is 6.92 Å². The van der Waals surface area contributed by atoms with Crippen LogP contribution in [0, 0.1) is 0 Å². The zero-order valence-corrected chi connectivity index (χ0v) is 16.4. The Balaban J connectivity index is 1.44. The molecule has 2 aliphatic rings. The van der Waals surface area contributed by atoms with Crippen molar-refractivity contribution in [1.29, 1.82) is 0 Å². The van der Waals surface area contributed by atoms with E-state index < -0.39 is 0 Å². The predicted octanol–water partition coefficient (Wildman–Crippen LogP) is 1.88. The Labute approximate surface area is 157 Å². The number of ether oxygens (including phenoxy) is 1. The van der Waals surface area contributed by atoms with Crippen LogP contribution < -0.4 is 15.0 Å². The first-order valence-corrected chi connectivity index (χ1v) is 9.83. The molecule has 0 atom stereocenters. The summed E-state index contributed by atoms with van der Waals surface area (Å²) in [6.07, 6.45) is 2.74. The number of methoxy groups -OCH3 is 1. The minimum atomic E-state index is 0.830. The van der Waals surface area contributed by atoms with Crippen molar-refractivity contribution in [2.45, 2.75) is 25.8 Å². The van der Waals surface area contributed by atoms with Gasteiger partial charge in [-0.05, 0) is 43.7 Å². The summed E-state index contributed by atoms with van der Waals surface area (Å²) in [7, 11) is 3.59. The number of hydrogen-bond acceptors (Lipinski definition) is 4. The zero-order valence-electron chi connectivity index (χ0n) is 16.4. The highest BCUT2D eigenvalue weighted by atomic mass is 16.5. The van der Waals surface area contributed by atoms with Gasteiger partial charge in [0.05, 0.1) is 7.11 Å². The van der Waals surface area contributed by atoms with Crippen LogP contribution in [0.1, 0.15) is 19.8 Å². The second-order valence-electron chi connectivity index (χ2n) is 7.01. The predicted molar refractivity (Wildman–Crippen MR) is 108 cm³/mol. The Hall–Kier alpha value is -1.95. The molecule has 26 heavy (non-hydrogen) atoms. The molecule has 1 saturated carbocycles. The van der Waals surface area contributed by atoms with E-state index >= 15 is 0 Å². The van der Waals surface area contributed by atoms with Gasteiger partial charge in [0.25, 0.3) is 0 Å². The molecule has 0 radical (unpaired) electrons. The summed E-state index contributed by atoms with van der Waals surface area (Å²) in [4.78, 5) is 11.9. The van der Waals surface area contributed by atoms with E-state index in [2.05, 4.69) is 44.1 Å². The van der Waals surface area contributed by atoms with Crippen LogP contribution in [0.25, 0.3) is 0 Å². The second kappa shape index (κ2) is 9.12. The Kier molecular flexibility index (Phi) is 6.61. The summed E-state index contributed by atoms with van der Waals surface area (Å²) >= 11 is 0. The van der Waals surface area contributed by atoms with Crippen LogP contribution in [0.5, 0.6) is 5.75 Å². The van der Waals surface area contributed by atoms with Gasteiger partial charge in [0.1, 0.15) is 5.75 Å². The number of guanidine groups is 1. The number of likely N-dealkylation sites (N-methyl/N-ethyl adjacent to an activating group) is 1. The lowest BCUT2D eigenvalue weighted by atomic mass is 10.2. The molecule has 1 heterocycles. The number of hydrogen-bond donors (Lipinski definition) is 1. The van der Waals surface area contributed by atoms with E-state index in [1.54, 1.807) is 7.11 Å². The van der Waals surface area contributed by atoms with Crippen molar-refractivity contribution < 1.29 is 4.74 Å². The van der Waals surface area contributed by atoms with Crippen molar-refractivity contribution in [1.82, 2.24) is 15.1 Å². The number of benzene rings is 1. The Morgan fingerprint density at radius 3 is 2.42 bits per heavy atom. The lowest BCUT2D eigenvalue weighted by molar-refractivity contribution is 0.279. The van der Waals surface area contributed by atoms with E-state index in [0.29, 0.717) is 0 Å². The van der Waals surface area contributed by atoms with E-state index in [9.17, 15) is 0 Å². The first kappa shape index (κ1) is 18.8. The van der Waals surface area contributed by atoms with Crippen LogP contribution >= 0.6 is 0 Å². The average Bonchev–Trinajstić information content (AvgIpc) is 3.54. The van der Waals surface area contributed by atoms with Crippen molar-refractivity contribution in [3.05, 3.63) is 24.3 Å². The van der Waals surface area contributed by atoms with Gasteiger partial charge in [-0.3, -0.25) is 9.89 Å². The van der Waals surface area contributed by atoms with Crippen molar-refractivity contribution in [2.75, 3.05) is 64.9 Å². The minimum Gasteiger partial charge on any atom is -0.497 e. The molecule has 0 amide bonds. The molecule has 3 rings (SSSR count). The zero-order chi connectivity index (χ0) is 18.4. The third kappa shape index (κ3) is 4.81. The fraction of sp³-hybridized carbons (Fsp3) is 0.650. The highest BCUT2D eigenvalue weighted by Gasteiger charge is 2.27. The number of rotatable bonds is 7. The van der Waals surface area contributed by atoms with E-state index in [1.165, 1.54) is 18.5 Å². The molecule has 0 bridgehead atoms. The van der Waals surface area contributed by atoms with Gasteiger partial charge in [0.15, 0.2) is 5.96 Å². The molecule has 0 spiro atoms. The lowest BCUT2D eigenvalue weighted by Gasteiger charge is -2.38. The molecular formula is C20H33N5O. The molecule has 1 aromatic carbocycles. The maximum atomic E-state index is 5.25. The maximum absolute atomic E-state index is 5.25. The number of anilines is 1. The van der Waals surface area contributed by atoms with Crippen LogP contribution in [0.4, 0.5) is 5.69 Å². The van der Waals surface area contributed by atoms with Crippen LogP contribution in [-0.2, 0) is 0 Å². The smallest absolute Gasteiger partial charge is 0.193 e. The number of nitrogens with zero attached hydrogens (tertiary/aromatic N) is 4. The summed E-state index contributed by atoms with van der Waals surface area (Å²) in [5.74, 6) is 1.94. The molecule has 0 aromatic heterocycles. The summed E-state index contributed by atoms with van der Waals surface area (Å²) in [5, 5.41) is 3.56. The Morgan fingerprint density at radius 1 is 1.19 bits per heavy atom. The molecule has 1 saturated heterocycles. The van der Waals surface area contributed by atoms with Crippen LogP contribution in [0.3, 0.4) is 0 Å². The summed E-state index contributed by atoms with van der Waals surface area (Å²) in [5.41, 5.74) is 1.26. The minimum absolute atomic E-state index is 0.830. The quantitative estimate of drug-likeness (QED) is 0.595. The van der Waals surface area contributed by atoms with Gasteiger partial charge in [-0.2, -0.15) is 0 Å². The van der Waals surface area contributed by atoms with Crippen molar-refractivity contribution >= 4 is 11.6 Å². The number of piperazine rings is 1. The first-order valence-electron chi connectivity index (χ1n) is 9.83. The first-order chi connectivity index (χ1) is 12.7. The molecule has 1 aliphatic heterocycles. The molecule has 0 unspecified atom stereocenters. The third-order valence-electron chi connectivity index (χ3n) is 5.38. The molecule has 1 aromatic rings. The summed E-state index contributed by atoms with van der Waals surface area (Å²) in [6.45, 7) is 9.47. The average molecular weight is 360 g/mol. The van der Waals surface area contributed by atoms with Gasteiger partial charge < -0.3 is 19.9 Å². The van der Waals surface area contributed by atoms with Crippen LogP contribution in [0.15, 0.2) is 29.3 Å². The maximum Gasteiger partial charge on any atom is 0.193 e. The Morgan fingerprint density at radius 2 is 1.88 bits per heavy atom. The molecule has 144 valence electrons. The van der Waals surface area contributed by atoms with Crippen LogP contribution in [-0.4, -0.2) is 81.8 Å². The molecular weight excluding hydrogens is 326 g/mol. The van der Waals surface area contributed by atoms with E-state index in [-0.39, 0.29) is 0 Å². The summed E-state index contributed by atoms with van der Waals surface area (Å²) in [6, 6.07) is 9.16. The SMILES string of the molecule is CCN(CCNC(=NC)N1CCN(c2ccc(OC)cc2)CC1)C1CC1. The van der Waals surface area contributed by atoms with Gasteiger partial charge >= 0.3 is 0 Å². The molecule has 6 heteroatoms. The van der Waals surface area contributed by atoms with Gasteiger partial charge in [0.2, 0.25) is 0 Å². The van der Waals surface area contributed by atoms with Gasteiger partial charge in [0, 0.05) is 58.0 Å². The molecule has 1 N–H and O–H groups in total. The Bertz CT molecular complexity index is 576. The molecule has 2 fully saturated rings. The summed E-state index contributed by atoms with van der Waals surface area (Å²) < 4.78 is 5.25. The van der Waals surface area contributed by atoms with Crippen molar-refractivity contribution in [3.63, 3.8) is 0 Å². The third-order valence-corrected chi connectivity index (χ3v) is 5.38. The lowest BCUT2D eigenvalue weighted by Crippen LogP contribution is -2.53. The normalized spacial score (nSPS) is 18.4.